The monoisotopic (exact) mass is 349 g/mol. The summed E-state index contributed by atoms with van der Waals surface area (Å²) >= 11 is 3.41. The predicted molar refractivity (Wildman–Crippen MR) is 78.9 cm³/mol. The molecule has 1 aromatic carbocycles. The van der Waals surface area contributed by atoms with Crippen LogP contribution in [0.1, 0.15) is 25.5 Å². The molecule has 1 fully saturated rings. The standard InChI is InChI=1S/C13H16BrNO3.ClH/c1-13(2)7-18-12(16)15-11(13)9-5-4-8(14)6-10(9)17-3;/h4-6,11H,7H2,1-3H3,(H,15,16);1H/t11-;/m1./s1. The molecule has 0 radical (unpaired) electrons. The van der Waals surface area contributed by atoms with Crippen molar-refractivity contribution in [2.75, 3.05) is 13.7 Å². The minimum atomic E-state index is -0.385. The highest BCUT2D eigenvalue weighted by atomic mass is 79.9. The van der Waals surface area contributed by atoms with Crippen molar-refractivity contribution in [2.45, 2.75) is 19.9 Å². The minimum absolute atomic E-state index is 0. The molecule has 0 aliphatic carbocycles. The molecule has 1 aliphatic rings. The van der Waals surface area contributed by atoms with Crippen LogP contribution in [-0.4, -0.2) is 19.8 Å². The molecule has 0 saturated carbocycles. The smallest absolute Gasteiger partial charge is 0.407 e. The molecule has 1 saturated heterocycles. The molecule has 1 aromatic rings. The van der Waals surface area contributed by atoms with Crippen LogP contribution in [0, 0.1) is 5.41 Å². The van der Waals surface area contributed by atoms with E-state index in [-0.39, 0.29) is 30.0 Å². The zero-order valence-electron chi connectivity index (χ0n) is 11.0. The molecule has 0 aromatic heterocycles. The Labute approximate surface area is 127 Å². The molecule has 106 valence electrons. The van der Waals surface area contributed by atoms with Crippen LogP contribution < -0.4 is 10.1 Å². The van der Waals surface area contributed by atoms with Crippen LogP contribution in [-0.2, 0) is 4.74 Å². The van der Waals surface area contributed by atoms with Gasteiger partial charge in [-0.15, -0.1) is 12.4 Å². The maximum Gasteiger partial charge on any atom is 0.407 e. The number of carbonyl (C=O) groups is 1. The van der Waals surface area contributed by atoms with Gasteiger partial charge in [0.15, 0.2) is 0 Å². The van der Waals surface area contributed by atoms with Gasteiger partial charge in [0.05, 0.1) is 13.2 Å². The van der Waals surface area contributed by atoms with E-state index in [9.17, 15) is 4.79 Å². The number of halogens is 2. The van der Waals surface area contributed by atoms with Gasteiger partial charge < -0.3 is 14.8 Å². The Hall–Kier alpha value is -0.940. The molecule has 0 bridgehead atoms. The van der Waals surface area contributed by atoms with Crippen LogP contribution in [0.5, 0.6) is 5.75 Å². The number of alkyl carbamates (subject to hydrolysis) is 1. The number of nitrogens with one attached hydrogen (secondary N) is 1. The second-order valence-electron chi connectivity index (χ2n) is 5.03. The highest BCUT2D eigenvalue weighted by Crippen LogP contribution is 2.40. The molecular weight excluding hydrogens is 334 g/mol. The van der Waals surface area contributed by atoms with Gasteiger partial charge in [0.1, 0.15) is 12.4 Å². The van der Waals surface area contributed by atoms with E-state index in [1.165, 1.54) is 0 Å². The average Bonchev–Trinajstić information content (AvgIpc) is 2.32. The number of cyclic esters (lactones) is 1. The van der Waals surface area contributed by atoms with Crippen molar-refractivity contribution in [2.24, 2.45) is 5.41 Å². The van der Waals surface area contributed by atoms with Gasteiger partial charge in [0, 0.05) is 15.5 Å². The summed E-state index contributed by atoms with van der Waals surface area (Å²) in [4.78, 5) is 11.4. The third kappa shape index (κ3) is 3.34. The maximum atomic E-state index is 11.4. The van der Waals surface area contributed by atoms with Crippen molar-refractivity contribution in [3.63, 3.8) is 0 Å². The van der Waals surface area contributed by atoms with Crippen LogP contribution in [0.3, 0.4) is 0 Å². The average molecular weight is 351 g/mol. The van der Waals surface area contributed by atoms with E-state index in [2.05, 4.69) is 35.1 Å². The van der Waals surface area contributed by atoms with E-state index in [0.29, 0.717) is 6.61 Å². The van der Waals surface area contributed by atoms with Crippen molar-refractivity contribution >= 4 is 34.4 Å². The lowest BCUT2D eigenvalue weighted by molar-refractivity contribution is 0.0381. The van der Waals surface area contributed by atoms with Crippen molar-refractivity contribution in [1.29, 1.82) is 0 Å². The number of ether oxygens (including phenoxy) is 2. The summed E-state index contributed by atoms with van der Waals surface area (Å²) in [5.41, 5.74) is 0.775. The van der Waals surface area contributed by atoms with Crippen LogP contribution in [0.25, 0.3) is 0 Å². The van der Waals surface area contributed by atoms with E-state index in [1.807, 2.05) is 18.2 Å². The number of amides is 1. The Morgan fingerprint density at radius 2 is 2.16 bits per heavy atom. The number of hydrogen-bond acceptors (Lipinski definition) is 3. The van der Waals surface area contributed by atoms with E-state index >= 15 is 0 Å². The van der Waals surface area contributed by atoms with Gasteiger partial charge in [-0.3, -0.25) is 0 Å². The summed E-state index contributed by atoms with van der Waals surface area (Å²) in [6, 6.07) is 5.67. The van der Waals surface area contributed by atoms with Gasteiger partial charge in [-0.2, -0.15) is 0 Å². The van der Waals surface area contributed by atoms with Gasteiger partial charge in [-0.05, 0) is 12.1 Å². The number of hydrogen-bond donors (Lipinski definition) is 1. The summed E-state index contributed by atoms with van der Waals surface area (Å²) in [5, 5.41) is 2.86. The van der Waals surface area contributed by atoms with E-state index in [4.69, 9.17) is 9.47 Å². The van der Waals surface area contributed by atoms with Gasteiger partial charge in [-0.25, -0.2) is 4.79 Å². The molecule has 0 unspecified atom stereocenters. The third-order valence-electron chi connectivity index (χ3n) is 3.13. The molecule has 2 rings (SSSR count). The first kappa shape index (κ1) is 16.1. The van der Waals surface area contributed by atoms with Gasteiger partial charge in [-0.1, -0.05) is 35.8 Å². The fourth-order valence-corrected chi connectivity index (χ4v) is 2.45. The molecule has 1 amide bonds. The zero-order chi connectivity index (χ0) is 13.3. The summed E-state index contributed by atoms with van der Waals surface area (Å²) < 4.78 is 11.4. The van der Waals surface area contributed by atoms with E-state index in [1.54, 1.807) is 7.11 Å². The fraction of sp³-hybridized carbons (Fsp3) is 0.462. The first-order valence-corrected chi connectivity index (χ1v) is 6.50. The third-order valence-corrected chi connectivity index (χ3v) is 3.62. The topological polar surface area (TPSA) is 47.6 Å². The van der Waals surface area contributed by atoms with Crippen LogP contribution in [0.4, 0.5) is 4.79 Å². The SMILES string of the molecule is COc1cc(Br)ccc1[C@H]1NC(=O)OCC1(C)C.Cl. The number of methoxy groups -OCH3 is 1. The Morgan fingerprint density at radius 1 is 1.47 bits per heavy atom. The first-order chi connectivity index (χ1) is 8.44. The van der Waals surface area contributed by atoms with E-state index in [0.717, 1.165) is 15.8 Å². The molecular formula is C13H17BrClNO3. The lowest BCUT2D eigenvalue weighted by Gasteiger charge is -2.39. The first-order valence-electron chi connectivity index (χ1n) is 5.71. The number of carbonyl (C=O) groups excluding carboxylic acids is 1. The van der Waals surface area contributed by atoms with Crippen molar-refractivity contribution in [1.82, 2.24) is 5.32 Å². The molecule has 6 heteroatoms. The largest absolute Gasteiger partial charge is 0.496 e. The van der Waals surface area contributed by atoms with Crippen LogP contribution in [0.15, 0.2) is 22.7 Å². The highest BCUT2D eigenvalue weighted by Gasteiger charge is 2.39. The van der Waals surface area contributed by atoms with Crippen molar-refractivity contribution in [3.05, 3.63) is 28.2 Å². The highest BCUT2D eigenvalue weighted by molar-refractivity contribution is 9.10. The van der Waals surface area contributed by atoms with Gasteiger partial charge >= 0.3 is 6.09 Å². The second kappa shape index (κ2) is 6.01. The molecule has 1 aliphatic heterocycles. The summed E-state index contributed by atoms with van der Waals surface area (Å²) in [5.74, 6) is 0.754. The van der Waals surface area contributed by atoms with Crippen molar-refractivity contribution in [3.8, 4) is 5.75 Å². The lowest BCUT2D eigenvalue weighted by Crippen LogP contribution is -2.47. The maximum absolute atomic E-state index is 11.4. The Kier molecular flexibility index (Phi) is 5.10. The minimum Gasteiger partial charge on any atom is -0.496 e. The molecule has 1 N–H and O–H groups in total. The normalized spacial score (nSPS) is 20.8. The molecule has 4 nitrogen and oxygen atoms in total. The molecule has 1 atom stereocenters. The summed E-state index contributed by atoms with van der Waals surface area (Å²) in [7, 11) is 1.62. The molecule has 19 heavy (non-hydrogen) atoms. The zero-order valence-corrected chi connectivity index (χ0v) is 13.4. The number of rotatable bonds is 2. The lowest BCUT2D eigenvalue weighted by atomic mass is 9.80. The quantitative estimate of drug-likeness (QED) is 0.885. The fourth-order valence-electron chi connectivity index (χ4n) is 2.11. The second-order valence-corrected chi connectivity index (χ2v) is 5.94. The van der Waals surface area contributed by atoms with Gasteiger partial charge in [0.25, 0.3) is 0 Å². The Bertz CT molecular complexity index is 479. The van der Waals surface area contributed by atoms with E-state index < -0.39 is 0 Å². The van der Waals surface area contributed by atoms with Crippen molar-refractivity contribution < 1.29 is 14.3 Å². The Morgan fingerprint density at radius 3 is 2.79 bits per heavy atom. The van der Waals surface area contributed by atoms with Gasteiger partial charge in [0.2, 0.25) is 0 Å². The molecule has 0 spiro atoms. The molecule has 1 heterocycles. The van der Waals surface area contributed by atoms with Crippen LogP contribution in [0.2, 0.25) is 0 Å². The summed E-state index contributed by atoms with van der Waals surface area (Å²) in [6.07, 6.45) is -0.385. The van der Waals surface area contributed by atoms with Crippen LogP contribution >= 0.6 is 28.3 Å². The summed E-state index contributed by atoms with van der Waals surface area (Å²) in [6.45, 7) is 4.50. The number of benzene rings is 1. The Balaban J connectivity index is 0.00000180. The predicted octanol–water partition coefficient (Wildman–Crippen LogP) is 3.69.